The normalized spacial score (nSPS) is 11.1. The Morgan fingerprint density at radius 3 is 0.794 bits per heavy atom. The average Bonchev–Trinajstić information content (AvgIpc) is 2.88. The number of esters is 4. The summed E-state index contributed by atoms with van der Waals surface area (Å²) in [4.78, 5) is 45.5. The van der Waals surface area contributed by atoms with E-state index in [2.05, 4.69) is 50.5 Å². The molecule has 200 valence electrons. The molecule has 16 heteroatoms. The first-order valence-electron chi connectivity index (χ1n) is 9.56. The molecule has 0 saturated heterocycles. The summed E-state index contributed by atoms with van der Waals surface area (Å²) in [5.41, 5.74) is -2.39. The summed E-state index contributed by atoms with van der Waals surface area (Å²) in [6, 6.07) is 0. The molecule has 0 aromatic rings. The van der Waals surface area contributed by atoms with Gasteiger partial charge in [0.1, 0.15) is 31.8 Å². The lowest BCUT2D eigenvalue weighted by Crippen LogP contribution is -2.44. The van der Waals surface area contributed by atoms with E-state index in [9.17, 15) is 19.2 Å². The van der Waals surface area contributed by atoms with Crippen LogP contribution in [0.3, 0.4) is 0 Å². The first kappa shape index (κ1) is 35.3. The third-order valence-electron chi connectivity index (χ3n) is 4.02. The van der Waals surface area contributed by atoms with Gasteiger partial charge in [-0.2, -0.15) is 50.5 Å². The molecule has 0 atom stereocenters. The fraction of sp³-hybridized carbons (Fsp3) is 0.778. The molecule has 0 heterocycles. The number of aliphatic hydroxyl groups is 4. The molecule has 0 spiro atoms. The zero-order valence-corrected chi connectivity index (χ0v) is 21.9. The van der Waals surface area contributed by atoms with Crippen LogP contribution in [0.2, 0.25) is 0 Å². The Kier molecular flexibility index (Phi) is 21.1. The Labute approximate surface area is 219 Å². The lowest BCUT2D eigenvalue weighted by Gasteiger charge is -2.31. The molecular weight excluding hydrogens is 536 g/mol. The third-order valence-corrected chi connectivity index (χ3v) is 5.05. The fourth-order valence-electron chi connectivity index (χ4n) is 1.67. The lowest BCUT2D eigenvalue weighted by atomic mass is 9.92. The minimum atomic E-state index is -1.28. The number of carbonyl (C=O) groups excluding carboxylic acids is 4. The zero-order valence-electron chi connectivity index (χ0n) is 18.3. The van der Waals surface area contributed by atoms with Gasteiger partial charge < -0.3 is 39.4 Å². The van der Waals surface area contributed by atoms with Crippen molar-refractivity contribution in [1.82, 2.24) is 0 Å². The molecule has 0 saturated carbocycles. The number of ether oxygens (including phenoxy) is 4. The highest BCUT2D eigenvalue weighted by molar-refractivity contribution is 7.81. The minimum Gasteiger partial charge on any atom is -0.464 e. The van der Waals surface area contributed by atoms with E-state index in [0.29, 0.717) is 0 Å². The van der Waals surface area contributed by atoms with Crippen molar-refractivity contribution >= 4 is 74.4 Å². The number of carbonyl (C=O) groups is 4. The predicted octanol–water partition coefficient (Wildman–Crippen LogP) is -2.19. The molecular formula is C18H32O12S4. The average molecular weight is 569 g/mol. The standard InChI is InChI=1S/C13H20O8S4.C5H12O4/c14-9(1-22)18-5-13(6-19-10(15)2-23,7-20-11(16)3-24)8-21-12(17)4-25;6-1-5(2-7,3-8)4-9/h22-25H,1-8H2;6-9H,1-4H2. The molecule has 0 aromatic carbocycles. The molecule has 12 nitrogen and oxygen atoms in total. The second-order valence-electron chi connectivity index (χ2n) is 6.91. The van der Waals surface area contributed by atoms with Crippen molar-refractivity contribution in [3.8, 4) is 0 Å². The van der Waals surface area contributed by atoms with Crippen molar-refractivity contribution in [3.05, 3.63) is 0 Å². The summed E-state index contributed by atoms with van der Waals surface area (Å²) in [5.74, 6) is -3.30. The molecule has 0 unspecified atom stereocenters. The molecule has 0 aliphatic heterocycles. The van der Waals surface area contributed by atoms with Gasteiger partial charge in [0, 0.05) is 0 Å². The maximum atomic E-state index is 11.4. The third kappa shape index (κ3) is 15.2. The topological polar surface area (TPSA) is 186 Å². The maximum Gasteiger partial charge on any atom is 0.315 e. The van der Waals surface area contributed by atoms with Crippen LogP contribution in [0.15, 0.2) is 0 Å². The highest BCUT2D eigenvalue weighted by Crippen LogP contribution is 2.22. The van der Waals surface area contributed by atoms with Crippen molar-refractivity contribution < 1.29 is 58.6 Å². The Morgan fingerprint density at radius 2 is 0.676 bits per heavy atom. The van der Waals surface area contributed by atoms with Crippen LogP contribution in [-0.2, 0) is 38.1 Å². The van der Waals surface area contributed by atoms with Gasteiger partial charge in [-0.3, -0.25) is 19.2 Å². The monoisotopic (exact) mass is 568 g/mol. The summed E-state index contributed by atoms with van der Waals surface area (Å²) in [6.07, 6.45) is 0. The van der Waals surface area contributed by atoms with Crippen LogP contribution in [0.4, 0.5) is 0 Å². The smallest absolute Gasteiger partial charge is 0.315 e. The molecule has 0 fully saturated rings. The van der Waals surface area contributed by atoms with Crippen LogP contribution < -0.4 is 0 Å². The van der Waals surface area contributed by atoms with Gasteiger partial charge in [0.25, 0.3) is 0 Å². The minimum absolute atomic E-state index is 0.181. The second kappa shape index (κ2) is 20.3. The van der Waals surface area contributed by atoms with E-state index in [1.54, 1.807) is 0 Å². The van der Waals surface area contributed by atoms with Crippen LogP contribution in [-0.4, -0.2) is 120 Å². The van der Waals surface area contributed by atoms with Crippen LogP contribution in [0.1, 0.15) is 0 Å². The van der Waals surface area contributed by atoms with Crippen LogP contribution in [0, 0.1) is 10.8 Å². The van der Waals surface area contributed by atoms with E-state index in [4.69, 9.17) is 39.4 Å². The molecule has 0 amide bonds. The first-order chi connectivity index (χ1) is 16.1. The number of rotatable bonds is 16. The molecule has 0 aromatic heterocycles. The summed E-state index contributed by atoms with van der Waals surface area (Å²) in [6.45, 7) is -2.93. The maximum absolute atomic E-state index is 11.4. The van der Waals surface area contributed by atoms with Crippen molar-refractivity contribution in [2.45, 2.75) is 0 Å². The summed E-state index contributed by atoms with van der Waals surface area (Å²) < 4.78 is 20.0. The molecule has 0 aliphatic carbocycles. The Hall–Kier alpha value is -0.880. The van der Waals surface area contributed by atoms with Gasteiger partial charge in [0.15, 0.2) is 0 Å². The van der Waals surface area contributed by atoms with Gasteiger partial charge >= 0.3 is 23.9 Å². The number of hydrogen-bond donors (Lipinski definition) is 8. The Balaban J connectivity index is 0. The van der Waals surface area contributed by atoms with Crippen molar-refractivity contribution in [3.63, 3.8) is 0 Å². The molecule has 0 aliphatic rings. The quantitative estimate of drug-likeness (QED) is 0.0572. The molecule has 0 bridgehead atoms. The van der Waals surface area contributed by atoms with Gasteiger partial charge in [0.2, 0.25) is 0 Å². The van der Waals surface area contributed by atoms with Crippen molar-refractivity contribution in [2.24, 2.45) is 10.8 Å². The largest absolute Gasteiger partial charge is 0.464 e. The lowest BCUT2D eigenvalue weighted by molar-refractivity contribution is -0.167. The van der Waals surface area contributed by atoms with E-state index in [1.807, 2.05) is 0 Å². The van der Waals surface area contributed by atoms with E-state index in [1.165, 1.54) is 0 Å². The van der Waals surface area contributed by atoms with E-state index < -0.39 is 61.1 Å². The number of aliphatic hydroxyl groups excluding tert-OH is 4. The molecule has 0 radical (unpaired) electrons. The summed E-state index contributed by atoms with van der Waals surface area (Å²) >= 11 is 15.1. The van der Waals surface area contributed by atoms with Crippen molar-refractivity contribution in [1.29, 1.82) is 0 Å². The van der Waals surface area contributed by atoms with E-state index in [-0.39, 0.29) is 49.4 Å². The van der Waals surface area contributed by atoms with Crippen LogP contribution >= 0.6 is 50.5 Å². The fourth-order valence-corrected chi connectivity index (χ4v) is 2.03. The Morgan fingerprint density at radius 1 is 0.471 bits per heavy atom. The van der Waals surface area contributed by atoms with Crippen LogP contribution in [0.5, 0.6) is 0 Å². The second-order valence-corrected chi connectivity index (χ2v) is 8.17. The van der Waals surface area contributed by atoms with Gasteiger partial charge in [-0.25, -0.2) is 0 Å². The zero-order chi connectivity index (χ0) is 26.6. The number of thiol groups is 4. The van der Waals surface area contributed by atoms with Crippen molar-refractivity contribution in [2.75, 3.05) is 75.9 Å². The number of hydrogen-bond acceptors (Lipinski definition) is 16. The Bertz CT molecular complexity index is 513. The van der Waals surface area contributed by atoms with Gasteiger partial charge in [0.05, 0.1) is 54.9 Å². The van der Waals surface area contributed by atoms with E-state index in [0.717, 1.165) is 0 Å². The molecule has 0 rings (SSSR count). The van der Waals surface area contributed by atoms with Gasteiger partial charge in [-0.05, 0) is 0 Å². The van der Waals surface area contributed by atoms with Gasteiger partial charge in [-0.1, -0.05) is 0 Å². The molecule has 34 heavy (non-hydrogen) atoms. The molecule has 4 N–H and O–H groups in total. The van der Waals surface area contributed by atoms with Crippen LogP contribution in [0.25, 0.3) is 0 Å². The van der Waals surface area contributed by atoms with Gasteiger partial charge in [-0.15, -0.1) is 0 Å². The summed E-state index contributed by atoms with van der Waals surface area (Å²) in [7, 11) is 0. The highest BCUT2D eigenvalue weighted by atomic mass is 32.1. The summed E-state index contributed by atoms with van der Waals surface area (Å²) in [5, 5.41) is 34.0. The highest BCUT2D eigenvalue weighted by Gasteiger charge is 2.37. The van der Waals surface area contributed by atoms with E-state index >= 15 is 0 Å². The SMILES string of the molecule is O=C(CS)OCC(COC(=O)CS)(COC(=O)CS)COC(=O)CS.OCC(CO)(CO)CO. The predicted molar refractivity (Wildman–Crippen MR) is 132 cm³/mol. The first-order valence-corrected chi connectivity index (χ1v) is 12.1.